The first-order chi connectivity index (χ1) is 34.4. The molecule has 0 saturated heterocycles. The van der Waals surface area contributed by atoms with Crippen LogP contribution in [0.3, 0.4) is 0 Å². The summed E-state index contributed by atoms with van der Waals surface area (Å²) in [7, 11) is 4.79. The molecule has 2 unspecified atom stereocenters. The van der Waals surface area contributed by atoms with Gasteiger partial charge >= 0.3 is 0 Å². The van der Waals surface area contributed by atoms with Crippen molar-refractivity contribution in [2.24, 2.45) is 4.99 Å². The number of hydrogen-bond acceptors (Lipinski definition) is 14. The summed E-state index contributed by atoms with van der Waals surface area (Å²) in [6.07, 6.45) is 5.19. The van der Waals surface area contributed by atoms with E-state index in [1.165, 1.54) is 36.0 Å². The molecule has 18 heteroatoms. The molecule has 0 aliphatic rings. The summed E-state index contributed by atoms with van der Waals surface area (Å²) in [5.41, 5.74) is 3.30. The summed E-state index contributed by atoms with van der Waals surface area (Å²) in [6, 6.07) is 17.0. The second-order valence-corrected chi connectivity index (χ2v) is 15.8. The fourth-order valence-corrected chi connectivity index (χ4v) is 6.76. The summed E-state index contributed by atoms with van der Waals surface area (Å²) in [5.74, 6) is 5.56. The standard InChI is InChI=1S/C48H54FN3O11.C5H10N2S/c1-35(49)28-44(37(3)63-33-38-12-7-6-8-13-38)46(32-55)52(34-56)30-40-15-9-14-39(36(40)2)16-11-21-59-22-23-60-24-25-61-26-27-62-42-18-19-43(41(29-42)31-54)48(58)51(5)45(17-10-20-53)47(57)50-4;1-6-3-4-8-5-7-2/h6-9,12-15,18-20,28-29,31-32,34,45-46H,1,3,10,17,21-27,30,33H2,2,4-5H3,(H,50,57);3-4,7H,1,5H2,2H3/b44-28+;4-3-. The summed E-state index contributed by atoms with van der Waals surface area (Å²) in [5, 5.41) is 7.36. The quantitative estimate of drug-likeness (QED) is 0.0134. The Balaban J connectivity index is 0.00000198. The smallest absolute Gasteiger partial charge is 0.255 e. The SMILES string of the molecule is C=C(F)/C=C(\C(=C)OCc1ccccc1)C(C=O)N(C=O)Cc1cccc(C#CCOCCOCCOCCOc2ccc(C(=O)N(C)C(CCC=O)C(=O)NC)c(C=O)c2)c1C.C=N/C=C\SCNC. The van der Waals surface area contributed by atoms with Gasteiger partial charge in [-0.05, 0) is 79.5 Å². The van der Waals surface area contributed by atoms with E-state index < -0.39 is 29.7 Å². The maximum atomic E-state index is 14.1. The zero-order chi connectivity index (χ0) is 52.2. The number of aldehydes is 3. The number of carbonyl (C=O) groups is 6. The van der Waals surface area contributed by atoms with Crippen LogP contribution in [0.15, 0.2) is 120 Å². The summed E-state index contributed by atoms with van der Waals surface area (Å²) in [4.78, 5) is 78.7. The van der Waals surface area contributed by atoms with Gasteiger partial charge in [-0.1, -0.05) is 67.5 Å². The number of ether oxygens (including phenoxy) is 5. The minimum atomic E-state index is -1.20. The van der Waals surface area contributed by atoms with Crippen LogP contribution >= 0.6 is 11.8 Å². The van der Waals surface area contributed by atoms with Gasteiger partial charge in [0.05, 0.1) is 38.6 Å². The highest BCUT2D eigenvalue weighted by Crippen LogP contribution is 2.24. The van der Waals surface area contributed by atoms with E-state index in [0.29, 0.717) is 56.4 Å². The van der Waals surface area contributed by atoms with Gasteiger partial charge in [0.25, 0.3) is 5.91 Å². The van der Waals surface area contributed by atoms with Gasteiger partial charge in [-0.3, -0.25) is 24.2 Å². The Morgan fingerprint density at radius 3 is 2.25 bits per heavy atom. The lowest BCUT2D eigenvalue weighted by atomic mass is 10.00. The van der Waals surface area contributed by atoms with Crippen LogP contribution in [0.5, 0.6) is 5.75 Å². The highest BCUT2D eigenvalue weighted by molar-refractivity contribution is 8.02. The molecule has 0 bridgehead atoms. The minimum Gasteiger partial charge on any atom is -0.491 e. The normalized spacial score (nSPS) is 11.6. The van der Waals surface area contributed by atoms with Crippen LogP contribution in [0.25, 0.3) is 0 Å². The average molecular weight is 998 g/mol. The van der Waals surface area contributed by atoms with E-state index in [-0.39, 0.29) is 74.9 Å². The third kappa shape index (κ3) is 22.5. The highest BCUT2D eigenvalue weighted by Gasteiger charge is 2.28. The summed E-state index contributed by atoms with van der Waals surface area (Å²) >= 11 is 1.65. The number of nitrogens with zero attached hydrogens (tertiary/aromatic N) is 3. The summed E-state index contributed by atoms with van der Waals surface area (Å²) in [6.45, 7) is 14.2. The number of thioether (sulfide) groups is 1. The number of allylic oxidation sites excluding steroid dienone is 2. The zero-order valence-electron chi connectivity index (χ0n) is 40.8. The lowest BCUT2D eigenvalue weighted by Gasteiger charge is -2.28. The molecule has 0 fully saturated rings. The van der Waals surface area contributed by atoms with E-state index in [2.05, 4.69) is 47.3 Å². The monoisotopic (exact) mass is 997 g/mol. The van der Waals surface area contributed by atoms with Gasteiger partial charge in [0, 0.05) is 55.8 Å². The van der Waals surface area contributed by atoms with Crippen LogP contribution in [0.4, 0.5) is 4.39 Å². The number of hydrogen-bond donors (Lipinski definition) is 2. The molecule has 0 aliphatic carbocycles. The fraction of sp³-hybridized carbons (Fsp3) is 0.340. The second-order valence-electron chi connectivity index (χ2n) is 14.9. The molecule has 3 rings (SSSR count). The topological polar surface area (TPSA) is 191 Å². The molecule has 0 aliphatic heterocycles. The number of benzene rings is 3. The largest absolute Gasteiger partial charge is 0.491 e. The number of nitrogens with one attached hydrogen (secondary N) is 2. The van der Waals surface area contributed by atoms with Crippen LogP contribution in [-0.2, 0) is 51.3 Å². The molecular formula is C53H64FN5O11S. The first-order valence-electron chi connectivity index (χ1n) is 22.3. The van der Waals surface area contributed by atoms with Gasteiger partial charge in [-0.2, -0.15) is 0 Å². The second kappa shape index (κ2) is 36.0. The first kappa shape index (κ1) is 60.1. The van der Waals surface area contributed by atoms with Gasteiger partial charge in [0.1, 0.15) is 61.8 Å². The lowest BCUT2D eigenvalue weighted by molar-refractivity contribution is -0.125. The van der Waals surface area contributed by atoms with E-state index in [0.717, 1.165) is 28.6 Å². The molecule has 71 heavy (non-hydrogen) atoms. The molecule has 0 aromatic heterocycles. The van der Waals surface area contributed by atoms with Crippen molar-refractivity contribution in [3.63, 3.8) is 0 Å². The Labute approximate surface area is 420 Å². The molecule has 0 heterocycles. The van der Waals surface area contributed by atoms with E-state index in [4.69, 9.17) is 23.7 Å². The predicted molar refractivity (Wildman–Crippen MR) is 273 cm³/mol. The van der Waals surface area contributed by atoms with Crippen molar-refractivity contribution in [1.29, 1.82) is 0 Å². The van der Waals surface area contributed by atoms with Crippen molar-refractivity contribution in [2.75, 3.05) is 73.3 Å². The van der Waals surface area contributed by atoms with E-state index in [9.17, 15) is 33.2 Å². The van der Waals surface area contributed by atoms with Gasteiger partial charge in [-0.15, -0.1) is 11.8 Å². The molecule has 0 spiro atoms. The number of rotatable bonds is 33. The number of carbonyl (C=O) groups excluding carboxylic acids is 6. The fourth-order valence-electron chi connectivity index (χ4n) is 6.32. The Kier molecular flexibility index (Phi) is 30.5. The Morgan fingerprint density at radius 1 is 0.930 bits per heavy atom. The lowest BCUT2D eigenvalue weighted by Crippen LogP contribution is -2.47. The van der Waals surface area contributed by atoms with E-state index in [1.54, 1.807) is 30.1 Å². The molecule has 380 valence electrons. The van der Waals surface area contributed by atoms with Crippen LogP contribution in [0, 0.1) is 18.8 Å². The molecule has 0 saturated carbocycles. The maximum Gasteiger partial charge on any atom is 0.255 e. The van der Waals surface area contributed by atoms with Crippen molar-refractivity contribution in [2.45, 2.75) is 45.0 Å². The molecule has 2 N–H and O–H groups in total. The molecular weight excluding hydrogens is 934 g/mol. The van der Waals surface area contributed by atoms with Crippen molar-refractivity contribution in [1.82, 2.24) is 20.4 Å². The van der Waals surface area contributed by atoms with Crippen molar-refractivity contribution in [3.8, 4) is 17.6 Å². The molecule has 0 radical (unpaired) electrons. The van der Waals surface area contributed by atoms with Gasteiger partial charge in [-0.25, -0.2) is 4.39 Å². The number of amides is 3. The van der Waals surface area contributed by atoms with Crippen molar-refractivity contribution < 1.29 is 56.8 Å². The minimum absolute atomic E-state index is 0.0220. The maximum absolute atomic E-state index is 14.1. The Morgan fingerprint density at radius 2 is 1.63 bits per heavy atom. The van der Waals surface area contributed by atoms with Gasteiger partial charge < -0.3 is 53.7 Å². The van der Waals surface area contributed by atoms with E-state index >= 15 is 0 Å². The van der Waals surface area contributed by atoms with Crippen LogP contribution in [-0.4, -0.2) is 139 Å². The first-order valence-corrected chi connectivity index (χ1v) is 23.4. The summed E-state index contributed by atoms with van der Waals surface area (Å²) < 4.78 is 42.2. The number of halogens is 1. The molecule has 3 aromatic rings. The molecule has 16 nitrogen and oxygen atoms in total. The van der Waals surface area contributed by atoms with Crippen LogP contribution in [0.2, 0.25) is 0 Å². The Hall–Kier alpha value is -7.01. The van der Waals surface area contributed by atoms with Gasteiger partial charge in [0.15, 0.2) is 6.29 Å². The van der Waals surface area contributed by atoms with Gasteiger partial charge in [0.2, 0.25) is 12.3 Å². The van der Waals surface area contributed by atoms with Crippen molar-refractivity contribution >= 4 is 55.6 Å². The third-order valence-electron chi connectivity index (χ3n) is 10.0. The molecule has 3 aromatic carbocycles. The van der Waals surface area contributed by atoms with Crippen molar-refractivity contribution in [3.05, 3.63) is 148 Å². The number of aliphatic imine (C=N–C) groups is 1. The van der Waals surface area contributed by atoms with Crippen LogP contribution < -0.4 is 15.4 Å². The van der Waals surface area contributed by atoms with E-state index in [1.807, 2.05) is 61.8 Å². The molecule has 3 amide bonds. The zero-order valence-corrected chi connectivity index (χ0v) is 41.6. The predicted octanol–water partition coefficient (Wildman–Crippen LogP) is 6.19. The Bertz CT molecular complexity index is 2330. The highest BCUT2D eigenvalue weighted by atomic mass is 32.2. The molecule has 2 atom stereocenters. The third-order valence-corrected chi connectivity index (χ3v) is 10.8. The number of likely N-dealkylation sites (N-methyl/N-ethyl adjacent to an activating group) is 2. The average Bonchev–Trinajstić information content (AvgIpc) is 3.38. The van der Waals surface area contributed by atoms with Crippen LogP contribution in [0.1, 0.15) is 55.8 Å².